The highest BCUT2D eigenvalue weighted by Crippen LogP contribution is 2.37. The first-order chi connectivity index (χ1) is 9.93. The molecule has 1 atom stereocenters. The number of benzene rings is 1. The second-order valence-corrected chi connectivity index (χ2v) is 6.39. The van der Waals surface area contributed by atoms with Gasteiger partial charge in [-0.05, 0) is 24.6 Å². The summed E-state index contributed by atoms with van der Waals surface area (Å²) >= 11 is 4.14. The lowest BCUT2D eigenvalue weighted by Gasteiger charge is -2.18. The molecule has 0 aliphatic carbocycles. The molecule has 1 aromatic heterocycles. The Labute approximate surface area is 133 Å². The molecular formula is C14H14BrF3N2S. The van der Waals surface area contributed by atoms with E-state index >= 15 is 0 Å². The van der Waals surface area contributed by atoms with Gasteiger partial charge in [0.05, 0.1) is 6.04 Å². The second-order valence-electron chi connectivity index (χ2n) is 4.47. The average molecular weight is 379 g/mol. The summed E-state index contributed by atoms with van der Waals surface area (Å²) in [5.74, 6) is 0. The molecule has 1 heterocycles. The fourth-order valence-electron chi connectivity index (χ4n) is 1.91. The molecule has 0 bridgehead atoms. The molecule has 0 spiro atoms. The molecule has 0 saturated carbocycles. The standard InChI is InChI=1S/C14H14BrF3N2S/c1-2-7-19-12(9-5-3-4-6-10(9)15)11-8-20-13(21-11)14(16,17)18/h3-6,8,12,19H,2,7H2,1H3. The summed E-state index contributed by atoms with van der Waals surface area (Å²) in [6.07, 6.45) is -2.20. The van der Waals surface area contributed by atoms with Gasteiger partial charge in [0.25, 0.3) is 0 Å². The van der Waals surface area contributed by atoms with Gasteiger partial charge in [-0.15, -0.1) is 11.3 Å². The third-order valence-electron chi connectivity index (χ3n) is 2.87. The number of thiazole rings is 1. The molecule has 1 unspecified atom stereocenters. The minimum Gasteiger partial charge on any atom is -0.306 e. The Morgan fingerprint density at radius 1 is 1.33 bits per heavy atom. The number of halogens is 4. The van der Waals surface area contributed by atoms with Gasteiger partial charge in [-0.1, -0.05) is 41.1 Å². The van der Waals surface area contributed by atoms with Crippen molar-refractivity contribution < 1.29 is 13.2 Å². The zero-order valence-electron chi connectivity index (χ0n) is 11.2. The van der Waals surface area contributed by atoms with Crippen LogP contribution in [0.15, 0.2) is 34.9 Å². The van der Waals surface area contributed by atoms with Gasteiger partial charge in [-0.25, -0.2) is 4.98 Å². The van der Waals surface area contributed by atoms with Gasteiger partial charge in [-0.3, -0.25) is 0 Å². The number of nitrogens with one attached hydrogen (secondary N) is 1. The Morgan fingerprint density at radius 3 is 2.62 bits per heavy atom. The molecule has 0 saturated heterocycles. The van der Waals surface area contributed by atoms with Crippen molar-refractivity contribution in [3.05, 3.63) is 50.4 Å². The molecule has 0 radical (unpaired) electrons. The molecule has 0 amide bonds. The maximum atomic E-state index is 12.7. The van der Waals surface area contributed by atoms with E-state index in [2.05, 4.69) is 26.2 Å². The summed E-state index contributed by atoms with van der Waals surface area (Å²) in [4.78, 5) is 4.07. The van der Waals surface area contributed by atoms with E-state index in [4.69, 9.17) is 0 Å². The molecule has 2 rings (SSSR count). The van der Waals surface area contributed by atoms with Crippen molar-refractivity contribution in [3.63, 3.8) is 0 Å². The highest BCUT2D eigenvalue weighted by molar-refractivity contribution is 9.10. The van der Waals surface area contributed by atoms with Crippen molar-refractivity contribution in [2.24, 2.45) is 0 Å². The molecule has 0 aliphatic heterocycles. The Balaban J connectivity index is 2.37. The lowest BCUT2D eigenvalue weighted by atomic mass is 10.1. The SMILES string of the molecule is CCCNC(c1cnc(C(F)(F)F)s1)c1ccccc1Br. The quantitative estimate of drug-likeness (QED) is 0.790. The van der Waals surface area contributed by atoms with E-state index in [-0.39, 0.29) is 6.04 Å². The van der Waals surface area contributed by atoms with Crippen molar-refractivity contribution in [1.82, 2.24) is 10.3 Å². The van der Waals surface area contributed by atoms with E-state index in [0.717, 1.165) is 16.5 Å². The number of hydrogen-bond donors (Lipinski definition) is 1. The summed E-state index contributed by atoms with van der Waals surface area (Å²) in [5, 5.41) is 2.47. The highest BCUT2D eigenvalue weighted by atomic mass is 79.9. The minimum absolute atomic E-state index is 0.297. The summed E-state index contributed by atoms with van der Waals surface area (Å²) in [6, 6.07) is 7.21. The molecule has 1 aromatic carbocycles. The van der Waals surface area contributed by atoms with Crippen LogP contribution >= 0.6 is 27.3 Å². The Hall–Kier alpha value is -0.920. The maximum Gasteiger partial charge on any atom is 0.443 e. The van der Waals surface area contributed by atoms with E-state index in [1.807, 2.05) is 31.2 Å². The molecule has 2 aromatic rings. The molecule has 21 heavy (non-hydrogen) atoms. The van der Waals surface area contributed by atoms with Crippen LogP contribution in [0, 0.1) is 0 Å². The number of nitrogens with zero attached hydrogens (tertiary/aromatic N) is 1. The topological polar surface area (TPSA) is 24.9 Å². The lowest BCUT2D eigenvalue weighted by Crippen LogP contribution is -2.22. The van der Waals surface area contributed by atoms with Crippen LogP contribution in [0.1, 0.15) is 34.8 Å². The van der Waals surface area contributed by atoms with Crippen LogP contribution < -0.4 is 5.32 Å². The highest BCUT2D eigenvalue weighted by Gasteiger charge is 2.35. The molecule has 114 valence electrons. The van der Waals surface area contributed by atoms with Gasteiger partial charge >= 0.3 is 6.18 Å². The summed E-state index contributed by atoms with van der Waals surface area (Å²) in [6.45, 7) is 2.73. The van der Waals surface area contributed by atoms with Crippen LogP contribution in [0.2, 0.25) is 0 Å². The van der Waals surface area contributed by atoms with E-state index in [0.29, 0.717) is 22.8 Å². The van der Waals surface area contributed by atoms with Gasteiger partial charge in [0, 0.05) is 15.5 Å². The smallest absolute Gasteiger partial charge is 0.306 e. The normalized spacial score (nSPS) is 13.4. The van der Waals surface area contributed by atoms with E-state index < -0.39 is 11.2 Å². The first-order valence-electron chi connectivity index (χ1n) is 6.44. The van der Waals surface area contributed by atoms with Crippen molar-refractivity contribution in [1.29, 1.82) is 0 Å². The Bertz CT molecular complexity index is 598. The van der Waals surface area contributed by atoms with Crippen LogP contribution in [0.25, 0.3) is 0 Å². The van der Waals surface area contributed by atoms with Crippen molar-refractivity contribution in [2.75, 3.05) is 6.54 Å². The molecule has 1 N–H and O–H groups in total. The van der Waals surface area contributed by atoms with Crippen molar-refractivity contribution in [3.8, 4) is 0 Å². The third-order valence-corrected chi connectivity index (χ3v) is 4.69. The predicted octanol–water partition coefficient (Wildman–Crippen LogP) is 5.01. The number of hydrogen-bond acceptors (Lipinski definition) is 3. The zero-order chi connectivity index (χ0) is 15.5. The largest absolute Gasteiger partial charge is 0.443 e. The maximum absolute atomic E-state index is 12.7. The van der Waals surface area contributed by atoms with Crippen molar-refractivity contribution >= 4 is 27.3 Å². The zero-order valence-corrected chi connectivity index (χ0v) is 13.6. The predicted molar refractivity (Wildman–Crippen MR) is 81.4 cm³/mol. The first-order valence-corrected chi connectivity index (χ1v) is 8.05. The van der Waals surface area contributed by atoms with Gasteiger partial charge in [0.1, 0.15) is 0 Å². The monoisotopic (exact) mass is 378 g/mol. The molecular weight excluding hydrogens is 365 g/mol. The molecule has 0 aliphatic rings. The fraction of sp³-hybridized carbons (Fsp3) is 0.357. The Kier molecular flexibility index (Phi) is 5.40. The number of alkyl halides is 3. The van der Waals surface area contributed by atoms with Crippen molar-refractivity contribution in [2.45, 2.75) is 25.6 Å². The van der Waals surface area contributed by atoms with Crippen LogP contribution in [0.5, 0.6) is 0 Å². The lowest BCUT2D eigenvalue weighted by molar-refractivity contribution is -0.137. The number of rotatable bonds is 5. The molecule has 2 nitrogen and oxygen atoms in total. The third kappa shape index (κ3) is 4.05. The Morgan fingerprint density at radius 2 is 2.05 bits per heavy atom. The van der Waals surface area contributed by atoms with Crippen LogP contribution in [-0.2, 0) is 6.18 Å². The van der Waals surface area contributed by atoms with Gasteiger partial charge in [0.15, 0.2) is 5.01 Å². The fourth-order valence-corrected chi connectivity index (χ4v) is 3.30. The average Bonchev–Trinajstić information content (AvgIpc) is 2.91. The summed E-state index contributed by atoms with van der Waals surface area (Å²) in [7, 11) is 0. The van der Waals surface area contributed by atoms with E-state index in [9.17, 15) is 13.2 Å². The van der Waals surface area contributed by atoms with Gasteiger partial charge in [0.2, 0.25) is 0 Å². The molecule has 0 fully saturated rings. The first kappa shape index (κ1) is 16.5. The molecule has 7 heteroatoms. The second kappa shape index (κ2) is 6.89. The van der Waals surface area contributed by atoms with Crippen LogP contribution in [0.3, 0.4) is 0 Å². The summed E-state index contributed by atoms with van der Waals surface area (Å²) < 4.78 is 39.0. The van der Waals surface area contributed by atoms with E-state index in [1.54, 1.807) is 0 Å². The minimum atomic E-state index is -4.40. The van der Waals surface area contributed by atoms with E-state index in [1.165, 1.54) is 6.20 Å². The summed E-state index contributed by atoms with van der Waals surface area (Å²) in [5.41, 5.74) is 0.906. The van der Waals surface area contributed by atoms with Crippen LogP contribution in [0.4, 0.5) is 13.2 Å². The van der Waals surface area contributed by atoms with Crippen LogP contribution in [-0.4, -0.2) is 11.5 Å². The van der Waals surface area contributed by atoms with Gasteiger partial charge in [-0.2, -0.15) is 13.2 Å². The number of aromatic nitrogens is 1. The van der Waals surface area contributed by atoms with Gasteiger partial charge < -0.3 is 5.32 Å².